The zero-order valence-corrected chi connectivity index (χ0v) is 21.8. The molecule has 8 nitrogen and oxygen atoms in total. The number of anilines is 1. The summed E-state index contributed by atoms with van der Waals surface area (Å²) in [5.74, 6) is 1.72. The highest BCUT2D eigenvalue weighted by Gasteiger charge is 2.26. The van der Waals surface area contributed by atoms with Crippen LogP contribution < -0.4 is 4.90 Å². The van der Waals surface area contributed by atoms with Gasteiger partial charge in [0, 0.05) is 62.4 Å². The van der Waals surface area contributed by atoms with Crippen molar-refractivity contribution in [1.82, 2.24) is 29.2 Å². The first-order valence-corrected chi connectivity index (χ1v) is 13.6. The van der Waals surface area contributed by atoms with Gasteiger partial charge in [-0.3, -0.25) is 4.90 Å². The van der Waals surface area contributed by atoms with Crippen molar-refractivity contribution >= 4 is 27.8 Å². The number of fused-ring (bicyclic) bond motifs is 2. The summed E-state index contributed by atoms with van der Waals surface area (Å²) < 4.78 is 9.95. The molecule has 0 spiro atoms. The summed E-state index contributed by atoms with van der Waals surface area (Å²) in [7, 11) is 2.07. The van der Waals surface area contributed by atoms with Crippen molar-refractivity contribution in [1.29, 1.82) is 0 Å². The lowest BCUT2D eigenvalue weighted by molar-refractivity contribution is 0.122. The molecule has 7 rings (SSSR count). The highest BCUT2D eigenvalue weighted by atomic mass is 16.5. The highest BCUT2D eigenvalue weighted by Crippen LogP contribution is 2.33. The maximum Gasteiger partial charge on any atom is 0.164 e. The SMILES string of the molecule is Cn1ccc2cc(-c3nc(N4CCOCC4)c4cnn(C5CCN(Cc6ccccc6)CC5)c4n3)ccc21. The number of aryl methyl sites for hydroxylation is 1. The van der Waals surface area contributed by atoms with E-state index in [9.17, 15) is 0 Å². The highest BCUT2D eigenvalue weighted by molar-refractivity contribution is 5.90. The molecule has 38 heavy (non-hydrogen) atoms. The van der Waals surface area contributed by atoms with Crippen LogP contribution in [-0.4, -0.2) is 68.6 Å². The molecule has 194 valence electrons. The number of benzene rings is 2. The van der Waals surface area contributed by atoms with E-state index >= 15 is 0 Å². The molecule has 8 heteroatoms. The summed E-state index contributed by atoms with van der Waals surface area (Å²) in [6.45, 7) is 6.19. The molecule has 0 saturated carbocycles. The molecule has 2 fully saturated rings. The summed E-state index contributed by atoms with van der Waals surface area (Å²) in [4.78, 5) is 15.1. The minimum atomic E-state index is 0.330. The molecule has 0 bridgehead atoms. The molecule has 2 aromatic carbocycles. The van der Waals surface area contributed by atoms with Crippen LogP contribution in [0.3, 0.4) is 0 Å². The lowest BCUT2D eigenvalue weighted by atomic mass is 10.0. The van der Waals surface area contributed by atoms with Crippen molar-refractivity contribution in [2.24, 2.45) is 7.05 Å². The monoisotopic (exact) mass is 507 g/mol. The Kier molecular flexibility index (Phi) is 6.06. The van der Waals surface area contributed by atoms with Crippen LogP contribution in [0.15, 0.2) is 67.0 Å². The smallest absolute Gasteiger partial charge is 0.164 e. The third kappa shape index (κ3) is 4.33. The fourth-order valence-corrected chi connectivity index (χ4v) is 5.91. The van der Waals surface area contributed by atoms with Gasteiger partial charge in [-0.25, -0.2) is 14.6 Å². The lowest BCUT2D eigenvalue weighted by Crippen LogP contribution is -2.37. The van der Waals surface area contributed by atoms with E-state index in [1.54, 1.807) is 0 Å². The predicted molar refractivity (Wildman–Crippen MR) is 150 cm³/mol. The molecule has 2 aliphatic heterocycles. The van der Waals surface area contributed by atoms with Gasteiger partial charge in [-0.05, 0) is 42.7 Å². The van der Waals surface area contributed by atoms with E-state index in [2.05, 4.69) is 86.9 Å². The third-order valence-electron chi connectivity index (χ3n) is 8.04. The molecule has 2 aliphatic rings. The number of ether oxygens (including phenoxy) is 1. The molecule has 0 N–H and O–H groups in total. The maximum atomic E-state index is 5.64. The molecule has 0 aliphatic carbocycles. The third-order valence-corrected chi connectivity index (χ3v) is 8.04. The van der Waals surface area contributed by atoms with E-state index in [1.165, 1.54) is 16.5 Å². The summed E-state index contributed by atoms with van der Waals surface area (Å²) in [5, 5.41) is 7.13. The van der Waals surface area contributed by atoms with Crippen LogP contribution in [0.2, 0.25) is 0 Å². The van der Waals surface area contributed by atoms with Crippen LogP contribution in [0.4, 0.5) is 5.82 Å². The second kappa shape index (κ2) is 9.85. The van der Waals surface area contributed by atoms with Crippen LogP contribution in [0.25, 0.3) is 33.3 Å². The first-order valence-electron chi connectivity index (χ1n) is 13.6. The average molecular weight is 508 g/mol. The Hall–Kier alpha value is -3.75. The summed E-state index contributed by atoms with van der Waals surface area (Å²) >= 11 is 0. The number of hydrogen-bond acceptors (Lipinski definition) is 6. The Bertz CT molecular complexity index is 1560. The van der Waals surface area contributed by atoms with Gasteiger partial charge < -0.3 is 14.2 Å². The fraction of sp³-hybridized carbons (Fsp3) is 0.367. The van der Waals surface area contributed by atoms with E-state index in [1.807, 2.05) is 6.20 Å². The second-order valence-electron chi connectivity index (χ2n) is 10.5. The number of nitrogens with zero attached hydrogens (tertiary/aromatic N) is 7. The van der Waals surface area contributed by atoms with Crippen molar-refractivity contribution in [2.75, 3.05) is 44.3 Å². The van der Waals surface area contributed by atoms with Crippen molar-refractivity contribution in [3.05, 3.63) is 72.6 Å². The minimum Gasteiger partial charge on any atom is -0.378 e. The van der Waals surface area contributed by atoms with Crippen molar-refractivity contribution in [2.45, 2.75) is 25.4 Å². The van der Waals surface area contributed by atoms with Gasteiger partial charge in [0.15, 0.2) is 11.5 Å². The maximum absolute atomic E-state index is 5.64. The van der Waals surface area contributed by atoms with Crippen LogP contribution >= 0.6 is 0 Å². The van der Waals surface area contributed by atoms with Gasteiger partial charge >= 0.3 is 0 Å². The Labute approximate surface area is 222 Å². The Morgan fingerprint density at radius 2 is 1.74 bits per heavy atom. The van der Waals surface area contributed by atoms with Crippen LogP contribution in [0.1, 0.15) is 24.4 Å². The van der Waals surface area contributed by atoms with Gasteiger partial charge in [0.05, 0.1) is 30.8 Å². The molecule has 5 aromatic rings. The predicted octanol–water partition coefficient (Wildman–Crippen LogP) is 4.66. The van der Waals surface area contributed by atoms with Gasteiger partial charge in [-0.15, -0.1) is 0 Å². The van der Waals surface area contributed by atoms with E-state index in [0.717, 1.165) is 73.8 Å². The summed E-state index contributed by atoms with van der Waals surface area (Å²) in [5.41, 5.74) is 4.55. The average Bonchev–Trinajstić information content (AvgIpc) is 3.57. The Balaban J connectivity index is 1.23. The molecule has 0 atom stereocenters. The molecule has 5 heterocycles. The van der Waals surface area contributed by atoms with E-state index in [4.69, 9.17) is 19.8 Å². The minimum absolute atomic E-state index is 0.330. The number of piperidine rings is 1. The zero-order valence-electron chi connectivity index (χ0n) is 21.8. The number of likely N-dealkylation sites (tertiary alicyclic amines) is 1. The first-order chi connectivity index (χ1) is 18.7. The quantitative estimate of drug-likeness (QED) is 0.345. The zero-order chi connectivity index (χ0) is 25.5. The fourth-order valence-electron chi connectivity index (χ4n) is 5.91. The van der Waals surface area contributed by atoms with Crippen LogP contribution in [-0.2, 0) is 18.3 Å². The molecular weight excluding hydrogens is 474 g/mol. The van der Waals surface area contributed by atoms with Gasteiger partial charge in [0.2, 0.25) is 0 Å². The second-order valence-corrected chi connectivity index (χ2v) is 10.5. The van der Waals surface area contributed by atoms with E-state index in [0.29, 0.717) is 19.3 Å². The van der Waals surface area contributed by atoms with E-state index < -0.39 is 0 Å². The van der Waals surface area contributed by atoms with Crippen molar-refractivity contribution in [3.63, 3.8) is 0 Å². The molecule has 0 unspecified atom stereocenters. The number of rotatable bonds is 5. The summed E-state index contributed by atoms with van der Waals surface area (Å²) in [6, 6.07) is 19.7. The van der Waals surface area contributed by atoms with Gasteiger partial charge in [-0.1, -0.05) is 30.3 Å². The van der Waals surface area contributed by atoms with Crippen molar-refractivity contribution < 1.29 is 4.74 Å². The molecular formula is C30H33N7O. The van der Waals surface area contributed by atoms with E-state index in [-0.39, 0.29) is 0 Å². The molecule has 0 amide bonds. The van der Waals surface area contributed by atoms with Gasteiger partial charge in [0.1, 0.15) is 5.82 Å². The van der Waals surface area contributed by atoms with Gasteiger partial charge in [0.25, 0.3) is 0 Å². The van der Waals surface area contributed by atoms with Crippen LogP contribution in [0, 0.1) is 0 Å². The van der Waals surface area contributed by atoms with Crippen LogP contribution in [0.5, 0.6) is 0 Å². The topological polar surface area (TPSA) is 64.2 Å². The standard InChI is InChI=1S/C30H33N7O/c1-34-12-9-23-19-24(7-8-27(23)34)28-32-29(36-15-17-38-18-16-36)26-20-31-37(30(26)33-28)25-10-13-35(14-11-25)21-22-5-3-2-4-6-22/h2-9,12,19-20,25H,10-11,13-18,21H2,1H3. The number of morpholine rings is 1. The largest absolute Gasteiger partial charge is 0.378 e. The number of hydrogen-bond donors (Lipinski definition) is 0. The first kappa shape index (κ1) is 23.4. The Morgan fingerprint density at radius 1 is 0.921 bits per heavy atom. The van der Waals surface area contributed by atoms with Crippen molar-refractivity contribution in [3.8, 4) is 11.4 Å². The lowest BCUT2D eigenvalue weighted by Gasteiger charge is -2.32. The Morgan fingerprint density at radius 3 is 2.55 bits per heavy atom. The van der Waals surface area contributed by atoms with Gasteiger partial charge in [-0.2, -0.15) is 5.10 Å². The molecule has 2 saturated heterocycles. The summed E-state index contributed by atoms with van der Waals surface area (Å²) in [6.07, 6.45) is 6.19. The molecule has 3 aromatic heterocycles. The normalized spacial score (nSPS) is 17.6. The number of aromatic nitrogens is 5. The molecule has 0 radical (unpaired) electrons.